The first-order chi connectivity index (χ1) is 17.3. The third-order valence-electron chi connectivity index (χ3n) is 6.98. The van der Waals surface area contributed by atoms with Crippen molar-refractivity contribution in [3.05, 3.63) is 36.4 Å². The van der Waals surface area contributed by atoms with Gasteiger partial charge < -0.3 is 14.8 Å². The van der Waals surface area contributed by atoms with Gasteiger partial charge in [0.15, 0.2) is 5.65 Å². The van der Waals surface area contributed by atoms with Crippen molar-refractivity contribution in [3.63, 3.8) is 0 Å². The van der Waals surface area contributed by atoms with Gasteiger partial charge in [-0.3, -0.25) is 4.79 Å². The Morgan fingerprint density at radius 2 is 1.94 bits per heavy atom. The number of pyridine rings is 1. The van der Waals surface area contributed by atoms with E-state index in [0.717, 1.165) is 43.3 Å². The van der Waals surface area contributed by atoms with Crippen LogP contribution in [0.1, 0.15) is 31.5 Å². The summed E-state index contributed by atoms with van der Waals surface area (Å²) in [5.41, 5.74) is 3.25. The molecule has 5 rings (SSSR count). The van der Waals surface area contributed by atoms with Crippen LogP contribution in [0, 0.1) is 18.8 Å². The Kier molecular flexibility index (Phi) is 6.55. The summed E-state index contributed by atoms with van der Waals surface area (Å²) in [6.45, 7) is 2.02. The van der Waals surface area contributed by atoms with Crippen molar-refractivity contribution in [2.45, 2.75) is 45.6 Å². The van der Waals surface area contributed by atoms with Gasteiger partial charge in [0.1, 0.15) is 11.3 Å². The maximum atomic E-state index is 13.1. The van der Waals surface area contributed by atoms with Gasteiger partial charge in [-0.1, -0.05) is 0 Å². The number of hydrogen-bond acceptors (Lipinski definition) is 6. The minimum Gasteiger partial charge on any atom is -0.353 e. The van der Waals surface area contributed by atoms with E-state index in [0.29, 0.717) is 34.5 Å². The zero-order valence-electron chi connectivity index (χ0n) is 20.7. The number of alkyl halides is 2. The molecule has 1 amide bonds. The van der Waals surface area contributed by atoms with Gasteiger partial charge in [-0.05, 0) is 56.7 Å². The fourth-order valence-corrected chi connectivity index (χ4v) is 5.03. The predicted octanol–water partition coefficient (Wildman–Crippen LogP) is 4.02. The molecule has 36 heavy (non-hydrogen) atoms. The van der Waals surface area contributed by atoms with Crippen molar-refractivity contribution in [1.82, 2.24) is 34.0 Å². The number of aryl methyl sites for hydroxylation is 1. The molecule has 0 aliphatic heterocycles. The third-order valence-corrected chi connectivity index (χ3v) is 6.98. The van der Waals surface area contributed by atoms with Crippen LogP contribution in [0.15, 0.2) is 30.6 Å². The van der Waals surface area contributed by atoms with Crippen LogP contribution in [0.2, 0.25) is 0 Å². The van der Waals surface area contributed by atoms with Crippen LogP contribution >= 0.6 is 0 Å². The normalized spacial score (nSPS) is 18.3. The summed E-state index contributed by atoms with van der Waals surface area (Å²) < 4.78 is 29.3. The van der Waals surface area contributed by atoms with Gasteiger partial charge in [0.05, 0.1) is 24.0 Å². The Labute approximate surface area is 207 Å². The number of nitrogens with one attached hydrogen (secondary N) is 1. The SMILES string of the molecule is Cc1nc2ccc(-c3ccn4nc(NC[C@H]5CC[C@@H](C(=O)N(C)C)CC5)ncc34)nc2n1CC(F)F. The van der Waals surface area contributed by atoms with Crippen molar-refractivity contribution < 1.29 is 13.6 Å². The quantitative estimate of drug-likeness (QED) is 0.415. The molecule has 0 radical (unpaired) electrons. The van der Waals surface area contributed by atoms with E-state index in [2.05, 4.69) is 25.4 Å². The van der Waals surface area contributed by atoms with Crippen LogP contribution in [0.5, 0.6) is 0 Å². The first-order valence-electron chi connectivity index (χ1n) is 12.2. The Morgan fingerprint density at radius 1 is 1.17 bits per heavy atom. The Balaban J connectivity index is 1.29. The summed E-state index contributed by atoms with van der Waals surface area (Å²) in [5.74, 6) is 1.88. The highest BCUT2D eigenvalue weighted by atomic mass is 19.3. The average molecular weight is 497 g/mol. The number of fused-ring (bicyclic) bond motifs is 2. The molecule has 1 aliphatic rings. The number of rotatable bonds is 7. The number of imidazole rings is 1. The highest BCUT2D eigenvalue weighted by molar-refractivity contribution is 5.82. The molecule has 4 heterocycles. The van der Waals surface area contributed by atoms with Gasteiger partial charge in [0, 0.05) is 38.3 Å². The molecule has 0 unspecified atom stereocenters. The molecule has 1 aliphatic carbocycles. The van der Waals surface area contributed by atoms with E-state index in [9.17, 15) is 13.6 Å². The number of hydrogen-bond donors (Lipinski definition) is 1. The molecule has 1 fully saturated rings. The van der Waals surface area contributed by atoms with E-state index >= 15 is 0 Å². The highest BCUT2D eigenvalue weighted by Crippen LogP contribution is 2.30. The van der Waals surface area contributed by atoms with Crippen molar-refractivity contribution >= 4 is 28.5 Å². The molecule has 190 valence electrons. The number of carbonyl (C=O) groups excluding carboxylic acids is 1. The molecule has 0 saturated heterocycles. The second-order valence-electron chi connectivity index (χ2n) is 9.67. The summed E-state index contributed by atoms with van der Waals surface area (Å²) in [6, 6.07) is 5.53. The lowest BCUT2D eigenvalue weighted by Gasteiger charge is -2.29. The number of anilines is 1. The summed E-state index contributed by atoms with van der Waals surface area (Å²) in [4.78, 5) is 27.4. The minimum absolute atomic E-state index is 0.132. The third kappa shape index (κ3) is 4.74. The van der Waals surface area contributed by atoms with Crippen LogP contribution < -0.4 is 5.32 Å². The topological polar surface area (TPSA) is 93.2 Å². The van der Waals surface area contributed by atoms with E-state index < -0.39 is 13.0 Å². The number of aromatic nitrogens is 6. The van der Waals surface area contributed by atoms with Crippen LogP contribution in [-0.4, -0.2) is 67.0 Å². The maximum Gasteiger partial charge on any atom is 0.256 e. The lowest BCUT2D eigenvalue weighted by Crippen LogP contribution is -2.33. The number of amides is 1. The van der Waals surface area contributed by atoms with Gasteiger partial charge >= 0.3 is 0 Å². The molecule has 1 saturated carbocycles. The summed E-state index contributed by atoms with van der Waals surface area (Å²) in [6.07, 6.45) is 4.92. The predicted molar refractivity (Wildman–Crippen MR) is 133 cm³/mol. The van der Waals surface area contributed by atoms with Gasteiger partial charge in [0.2, 0.25) is 11.9 Å². The molecule has 4 aromatic heterocycles. The smallest absolute Gasteiger partial charge is 0.256 e. The van der Waals surface area contributed by atoms with Gasteiger partial charge in [-0.15, -0.1) is 5.10 Å². The Morgan fingerprint density at radius 3 is 2.67 bits per heavy atom. The molecular weight excluding hydrogens is 466 g/mol. The van der Waals surface area contributed by atoms with E-state index in [-0.39, 0.29) is 11.8 Å². The van der Waals surface area contributed by atoms with Crippen molar-refractivity contribution in [2.75, 3.05) is 26.0 Å². The molecule has 0 atom stereocenters. The lowest BCUT2D eigenvalue weighted by molar-refractivity contribution is -0.134. The summed E-state index contributed by atoms with van der Waals surface area (Å²) in [5, 5.41) is 7.92. The highest BCUT2D eigenvalue weighted by Gasteiger charge is 2.27. The molecule has 9 nitrogen and oxygen atoms in total. The zero-order valence-corrected chi connectivity index (χ0v) is 20.7. The van der Waals surface area contributed by atoms with Crippen LogP contribution in [0.4, 0.5) is 14.7 Å². The van der Waals surface area contributed by atoms with Gasteiger partial charge in [0.25, 0.3) is 6.43 Å². The van der Waals surface area contributed by atoms with Crippen molar-refractivity contribution in [1.29, 1.82) is 0 Å². The molecule has 0 spiro atoms. The molecule has 0 aromatic carbocycles. The van der Waals surface area contributed by atoms with Crippen LogP contribution in [0.25, 0.3) is 27.9 Å². The molecule has 11 heteroatoms. The zero-order chi connectivity index (χ0) is 25.4. The number of nitrogens with zero attached hydrogens (tertiary/aromatic N) is 7. The minimum atomic E-state index is -2.49. The van der Waals surface area contributed by atoms with Crippen LogP contribution in [-0.2, 0) is 11.3 Å². The van der Waals surface area contributed by atoms with Gasteiger partial charge in [-0.2, -0.15) is 0 Å². The van der Waals surface area contributed by atoms with E-state index in [1.807, 2.05) is 32.4 Å². The summed E-state index contributed by atoms with van der Waals surface area (Å²) >= 11 is 0. The monoisotopic (exact) mass is 496 g/mol. The average Bonchev–Trinajstić information content (AvgIpc) is 3.42. The largest absolute Gasteiger partial charge is 0.353 e. The molecule has 0 bridgehead atoms. The number of carbonyl (C=O) groups is 1. The standard InChI is InChI=1S/C25H30F2N8O/c1-15-30-20-9-8-19(31-23(20)34(15)14-22(26)27)18-10-11-35-21(18)13-29-25(32-35)28-12-16-4-6-17(7-5-16)24(36)33(2)3/h8-11,13,16-17,22H,4-7,12,14H2,1-3H3,(H,28,32)/t16-,17+. The number of halogens is 2. The maximum absolute atomic E-state index is 13.1. The molecule has 4 aromatic rings. The first kappa shape index (κ1) is 24.1. The fraction of sp³-hybridized carbons (Fsp3) is 0.480. The first-order valence-corrected chi connectivity index (χ1v) is 12.2. The second-order valence-corrected chi connectivity index (χ2v) is 9.67. The van der Waals surface area contributed by atoms with Gasteiger partial charge in [-0.25, -0.2) is 28.2 Å². The summed E-state index contributed by atoms with van der Waals surface area (Å²) in [7, 11) is 3.63. The fourth-order valence-electron chi connectivity index (χ4n) is 5.03. The van der Waals surface area contributed by atoms with Crippen molar-refractivity contribution in [3.8, 4) is 11.3 Å². The lowest BCUT2D eigenvalue weighted by atomic mass is 9.81. The molecular formula is C25H30F2N8O. The second kappa shape index (κ2) is 9.79. The van der Waals surface area contributed by atoms with E-state index in [1.54, 1.807) is 28.6 Å². The Bertz CT molecular complexity index is 1390. The van der Waals surface area contributed by atoms with Crippen molar-refractivity contribution in [2.24, 2.45) is 11.8 Å². The van der Waals surface area contributed by atoms with E-state index in [1.165, 1.54) is 4.57 Å². The molecule has 1 N–H and O–H groups in total. The van der Waals surface area contributed by atoms with Crippen LogP contribution in [0.3, 0.4) is 0 Å². The van der Waals surface area contributed by atoms with E-state index in [4.69, 9.17) is 0 Å². The Hall–Kier alpha value is -3.63.